The zero-order chi connectivity index (χ0) is 15.0. The van der Waals surface area contributed by atoms with Crippen molar-refractivity contribution in [1.82, 2.24) is 9.55 Å². The molecule has 1 aromatic heterocycles. The van der Waals surface area contributed by atoms with Crippen molar-refractivity contribution in [3.63, 3.8) is 0 Å². The minimum Gasteiger partial charge on any atom is -0.486 e. The van der Waals surface area contributed by atoms with E-state index in [0.29, 0.717) is 36.0 Å². The highest BCUT2D eigenvalue weighted by Crippen LogP contribution is 2.34. The lowest BCUT2D eigenvalue weighted by molar-refractivity contribution is 0.171. The number of aromatic nitrogens is 2. The number of halogens is 1. The smallest absolute Gasteiger partial charge is 0.328 e. The fraction of sp³-hybridized carbons (Fsp3) is 0.231. The predicted molar refractivity (Wildman–Crippen MR) is 72.2 cm³/mol. The number of hydrogen-bond donors (Lipinski definition) is 2. The van der Waals surface area contributed by atoms with E-state index in [4.69, 9.17) is 15.2 Å². The summed E-state index contributed by atoms with van der Waals surface area (Å²) in [6, 6.07) is 3.23. The minimum absolute atomic E-state index is 0.00894. The summed E-state index contributed by atoms with van der Waals surface area (Å²) in [7, 11) is 0. The zero-order valence-corrected chi connectivity index (χ0v) is 10.9. The Morgan fingerprint density at radius 1 is 1.24 bits per heavy atom. The maximum Gasteiger partial charge on any atom is 0.328 e. The molecule has 0 aliphatic carbocycles. The first-order chi connectivity index (χ1) is 10.0. The fourth-order valence-corrected chi connectivity index (χ4v) is 2.07. The van der Waals surface area contributed by atoms with Crippen molar-refractivity contribution in [3.8, 4) is 11.5 Å². The number of nitrogens with one attached hydrogen (secondary N) is 1. The number of aromatic amines is 1. The third-order valence-corrected chi connectivity index (χ3v) is 3.11. The lowest BCUT2D eigenvalue weighted by atomic mass is 10.1. The van der Waals surface area contributed by atoms with Gasteiger partial charge in [-0.15, -0.1) is 0 Å². The topological polar surface area (TPSA) is 99.3 Å². The number of nitrogens with two attached hydrogens (primary N) is 1. The molecule has 1 aromatic carbocycles. The summed E-state index contributed by atoms with van der Waals surface area (Å²) in [4.78, 5) is 24.5. The van der Waals surface area contributed by atoms with Gasteiger partial charge in [0, 0.05) is 11.8 Å². The van der Waals surface area contributed by atoms with E-state index in [9.17, 15) is 14.0 Å². The minimum atomic E-state index is -1.05. The maximum absolute atomic E-state index is 13.3. The summed E-state index contributed by atoms with van der Waals surface area (Å²) in [5.74, 6) is 0.0107. The van der Waals surface area contributed by atoms with Crippen LogP contribution in [0.15, 0.2) is 27.9 Å². The molecule has 2 aromatic rings. The van der Waals surface area contributed by atoms with Crippen LogP contribution in [0, 0.1) is 5.82 Å². The summed E-state index contributed by atoms with van der Waals surface area (Å²) in [5.41, 5.74) is 5.08. The van der Waals surface area contributed by atoms with Crippen LogP contribution in [0.1, 0.15) is 5.56 Å². The van der Waals surface area contributed by atoms with Gasteiger partial charge in [0.25, 0.3) is 5.56 Å². The Morgan fingerprint density at radius 2 is 1.90 bits per heavy atom. The number of H-pyrrole nitrogens is 1. The second-order valence-corrected chi connectivity index (χ2v) is 4.56. The molecular formula is C13H12FN3O4. The van der Waals surface area contributed by atoms with Crippen LogP contribution in [0.2, 0.25) is 0 Å². The molecule has 3 N–H and O–H groups in total. The number of hydrogen-bond acceptors (Lipinski definition) is 5. The van der Waals surface area contributed by atoms with E-state index < -0.39 is 17.1 Å². The van der Waals surface area contributed by atoms with Crippen LogP contribution in [-0.2, 0) is 6.54 Å². The van der Waals surface area contributed by atoms with Gasteiger partial charge in [0.1, 0.15) is 13.2 Å². The third kappa shape index (κ3) is 2.47. The van der Waals surface area contributed by atoms with Gasteiger partial charge in [-0.05, 0) is 11.6 Å². The number of anilines is 1. The molecule has 0 saturated carbocycles. The first-order valence-electron chi connectivity index (χ1n) is 6.22. The molecule has 2 heterocycles. The van der Waals surface area contributed by atoms with E-state index >= 15 is 0 Å². The summed E-state index contributed by atoms with van der Waals surface area (Å²) < 4.78 is 25.1. The van der Waals surface area contributed by atoms with Gasteiger partial charge < -0.3 is 15.2 Å². The molecule has 0 bridgehead atoms. The van der Waals surface area contributed by atoms with E-state index in [-0.39, 0.29) is 6.54 Å². The molecule has 7 nitrogen and oxygen atoms in total. The Kier molecular flexibility index (Phi) is 3.13. The molecule has 8 heteroatoms. The SMILES string of the molecule is Nc1cc2c(cc1Cn1cc(F)c(=O)[nH]c1=O)OCCO2. The zero-order valence-electron chi connectivity index (χ0n) is 10.9. The highest BCUT2D eigenvalue weighted by atomic mass is 19.1. The Balaban J connectivity index is 2.00. The summed E-state index contributed by atoms with van der Waals surface area (Å²) >= 11 is 0. The molecule has 0 amide bonds. The van der Waals surface area contributed by atoms with Crippen molar-refractivity contribution in [2.45, 2.75) is 6.54 Å². The van der Waals surface area contributed by atoms with Crippen molar-refractivity contribution >= 4 is 5.69 Å². The first-order valence-corrected chi connectivity index (χ1v) is 6.22. The third-order valence-electron chi connectivity index (χ3n) is 3.11. The van der Waals surface area contributed by atoms with Gasteiger partial charge in [-0.1, -0.05) is 0 Å². The molecule has 21 heavy (non-hydrogen) atoms. The number of nitrogens with zero attached hydrogens (tertiary/aromatic N) is 1. The lowest BCUT2D eigenvalue weighted by Gasteiger charge is -2.20. The van der Waals surface area contributed by atoms with Crippen LogP contribution >= 0.6 is 0 Å². The predicted octanol–water partition coefficient (Wildman–Crippen LogP) is 0.0774. The van der Waals surface area contributed by atoms with Crippen LogP contribution < -0.4 is 26.5 Å². The van der Waals surface area contributed by atoms with Crippen LogP contribution in [-0.4, -0.2) is 22.8 Å². The fourth-order valence-electron chi connectivity index (χ4n) is 2.07. The van der Waals surface area contributed by atoms with Crippen LogP contribution in [0.25, 0.3) is 0 Å². The Hall–Kier alpha value is -2.77. The monoisotopic (exact) mass is 293 g/mol. The largest absolute Gasteiger partial charge is 0.486 e. The molecule has 0 unspecified atom stereocenters. The van der Waals surface area contributed by atoms with Crippen LogP contribution in [0.3, 0.4) is 0 Å². The van der Waals surface area contributed by atoms with Crippen molar-refractivity contribution < 1.29 is 13.9 Å². The Bertz CT molecular complexity index is 812. The van der Waals surface area contributed by atoms with Crippen molar-refractivity contribution in [2.24, 2.45) is 0 Å². The molecule has 0 radical (unpaired) electrons. The van der Waals surface area contributed by atoms with Gasteiger partial charge in [0.05, 0.1) is 12.7 Å². The lowest BCUT2D eigenvalue weighted by Crippen LogP contribution is -2.31. The standard InChI is InChI=1S/C13H12FN3O4/c14-8-6-17(13(19)16-12(8)18)5-7-3-10-11(4-9(7)15)21-2-1-20-10/h3-4,6H,1-2,5,15H2,(H,16,18,19). The average Bonchev–Trinajstić information content (AvgIpc) is 2.45. The quantitative estimate of drug-likeness (QED) is 0.764. The molecule has 0 saturated heterocycles. The van der Waals surface area contributed by atoms with Gasteiger partial charge in [0.15, 0.2) is 11.5 Å². The van der Waals surface area contributed by atoms with Gasteiger partial charge in [-0.25, -0.2) is 4.79 Å². The van der Waals surface area contributed by atoms with Crippen LogP contribution in [0.4, 0.5) is 10.1 Å². The van der Waals surface area contributed by atoms with Crippen molar-refractivity contribution in [2.75, 3.05) is 18.9 Å². The number of rotatable bonds is 2. The van der Waals surface area contributed by atoms with Gasteiger partial charge in [-0.3, -0.25) is 14.3 Å². The molecule has 0 spiro atoms. The van der Waals surface area contributed by atoms with Crippen molar-refractivity contribution in [3.05, 3.63) is 50.5 Å². The normalized spacial score (nSPS) is 13.2. The number of benzene rings is 1. The second-order valence-electron chi connectivity index (χ2n) is 4.56. The summed E-state index contributed by atoms with van der Waals surface area (Å²) in [6.07, 6.45) is 0.845. The molecular weight excluding hydrogens is 281 g/mol. The summed E-state index contributed by atoms with van der Waals surface area (Å²) in [6.45, 7) is 0.870. The molecule has 3 rings (SSSR count). The highest BCUT2D eigenvalue weighted by molar-refractivity contribution is 5.58. The number of ether oxygens (including phenoxy) is 2. The molecule has 0 fully saturated rings. The first kappa shape index (κ1) is 13.2. The van der Waals surface area contributed by atoms with Crippen LogP contribution in [0.5, 0.6) is 11.5 Å². The van der Waals surface area contributed by atoms with Gasteiger partial charge >= 0.3 is 5.69 Å². The van der Waals surface area contributed by atoms with Gasteiger partial charge in [-0.2, -0.15) is 4.39 Å². The Morgan fingerprint density at radius 3 is 2.62 bits per heavy atom. The highest BCUT2D eigenvalue weighted by Gasteiger charge is 2.15. The molecule has 0 atom stereocenters. The molecule has 1 aliphatic heterocycles. The van der Waals surface area contributed by atoms with Gasteiger partial charge in [0.2, 0.25) is 5.82 Å². The average molecular weight is 293 g/mol. The van der Waals surface area contributed by atoms with E-state index in [1.54, 1.807) is 12.1 Å². The summed E-state index contributed by atoms with van der Waals surface area (Å²) in [5, 5.41) is 0. The van der Waals surface area contributed by atoms with Crippen molar-refractivity contribution in [1.29, 1.82) is 0 Å². The van der Waals surface area contributed by atoms with E-state index in [1.807, 2.05) is 4.98 Å². The second kappa shape index (κ2) is 4.97. The van der Waals surface area contributed by atoms with E-state index in [0.717, 1.165) is 10.8 Å². The van der Waals surface area contributed by atoms with E-state index in [1.165, 1.54) is 0 Å². The number of fused-ring (bicyclic) bond motifs is 1. The maximum atomic E-state index is 13.3. The van der Waals surface area contributed by atoms with E-state index in [2.05, 4.69) is 0 Å². The number of nitrogen functional groups attached to an aromatic ring is 1. The molecule has 110 valence electrons. The Labute approximate surface area is 117 Å². The molecule has 1 aliphatic rings.